The van der Waals surface area contributed by atoms with E-state index in [1.807, 2.05) is 0 Å². The van der Waals surface area contributed by atoms with Crippen LogP contribution in [0.4, 0.5) is 0 Å². The fourth-order valence-electron chi connectivity index (χ4n) is 2.53. The van der Waals surface area contributed by atoms with Crippen LogP contribution in [0.25, 0.3) is 11.1 Å². The number of hydrogen-bond acceptors (Lipinski definition) is 6. The van der Waals surface area contributed by atoms with Crippen LogP contribution in [0.5, 0.6) is 23.0 Å². The summed E-state index contributed by atoms with van der Waals surface area (Å²) in [5.41, 5.74) is 2.66. The standard InChI is InChI=1S/C17H19IO6/c1-21-14-6-10(8-19)4-12(16(14)22-2)13-5-11(9-20)7-15(24-18)17(13)23-3/h4-7,19-20H,8-9H2,1-3H3. The Hall–Kier alpha value is -1.71. The zero-order valence-corrected chi connectivity index (χ0v) is 15.8. The number of benzene rings is 2. The smallest absolute Gasteiger partial charge is 0.192 e. The van der Waals surface area contributed by atoms with E-state index in [1.54, 1.807) is 47.3 Å². The fourth-order valence-corrected chi connectivity index (χ4v) is 2.86. The van der Waals surface area contributed by atoms with Crippen molar-refractivity contribution in [2.75, 3.05) is 21.3 Å². The van der Waals surface area contributed by atoms with Crippen molar-refractivity contribution in [1.82, 2.24) is 0 Å². The van der Waals surface area contributed by atoms with Gasteiger partial charge in [0.05, 0.1) is 34.5 Å². The quantitative estimate of drug-likeness (QED) is 0.637. The Balaban J connectivity index is 2.83. The molecule has 0 atom stereocenters. The van der Waals surface area contributed by atoms with Gasteiger partial charge in [-0.2, -0.15) is 0 Å². The summed E-state index contributed by atoms with van der Waals surface area (Å²) in [7, 11) is 4.61. The maximum Gasteiger partial charge on any atom is 0.192 e. The lowest BCUT2D eigenvalue weighted by Crippen LogP contribution is -1.99. The molecule has 130 valence electrons. The molecular formula is C17H19IO6. The Labute approximate surface area is 154 Å². The Morgan fingerprint density at radius 2 is 1.21 bits per heavy atom. The third-order valence-electron chi connectivity index (χ3n) is 3.60. The number of methoxy groups -OCH3 is 3. The van der Waals surface area contributed by atoms with Gasteiger partial charge in [-0.3, -0.25) is 0 Å². The first-order valence-corrected chi connectivity index (χ1v) is 7.98. The summed E-state index contributed by atoms with van der Waals surface area (Å²) in [6.07, 6.45) is 0. The molecule has 0 aromatic heterocycles. The van der Waals surface area contributed by atoms with Crippen molar-refractivity contribution in [3.63, 3.8) is 0 Å². The third kappa shape index (κ3) is 3.52. The van der Waals surface area contributed by atoms with Crippen LogP contribution in [-0.2, 0) is 13.2 Å². The molecule has 6 nitrogen and oxygen atoms in total. The Morgan fingerprint density at radius 3 is 1.58 bits per heavy atom. The van der Waals surface area contributed by atoms with Crippen LogP contribution in [0, 0.1) is 0 Å². The highest BCUT2D eigenvalue weighted by Crippen LogP contribution is 2.46. The van der Waals surface area contributed by atoms with Gasteiger partial charge < -0.3 is 27.5 Å². The highest BCUT2D eigenvalue weighted by Gasteiger charge is 2.21. The molecule has 0 saturated heterocycles. The lowest BCUT2D eigenvalue weighted by Gasteiger charge is -2.18. The van der Waals surface area contributed by atoms with Crippen molar-refractivity contribution in [2.45, 2.75) is 13.2 Å². The highest BCUT2D eigenvalue weighted by molar-refractivity contribution is 14.1. The van der Waals surface area contributed by atoms with Gasteiger partial charge in [-0.05, 0) is 35.4 Å². The highest BCUT2D eigenvalue weighted by atomic mass is 127. The second kappa shape index (κ2) is 8.41. The van der Waals surface area contributed by atoms with Crippen LogP contribution < -0.4 is 17.3 Å². The van der Waals surface area contributed by atoms with Crippen molar-refractivity contribution < 1.29 is 27.5 Å². The number of hydrogen-bond donors (Lipinski definition) is 2. The molecule has 7 heteroatoms. The van der Waals surface area contributed by atoms with Crippen LogP contribution in [0.1, 0.15) is 11.1 Å². The minimum atomic E-state index is -0.150. The lowest BCUT2D eigenvalue weighted by molar-refractivity contribution is 0.280. The molecule has 0 heterocycles. The van der Waals surface area contributed by atoms with E-state index in [2.05, 4.69) is 0 Å². The molecular weight excluding hydrogens is 427 g/mol. The van der Waals surface area contributed by atoms with Gasteiger partial charge in [-0.1, -0.05) is 0 Å². The predicted molar refractivity (Wildman–Crippen MR) is 98.0 cm³/mol. The molecule has 0 aliphatic rings. The molecule has 2 aromatic rings. The van der Waals surface area contributed by atoms with E-state index in [-0.39, 0.29) is 13.2 Å². The van der Waals surface area contributed by atoms with Gasteiger partial charge in [0.25, 0.3) is 0 Å². The van der Waals surface area contributed by atoms with E-state index in [9.17, 15) is 10.2 Å². The van der Waals surface area contributed by atoms with Crippen molar-refractivity contribution in [1.29, 1.82) is 0 Å². The first kappa shape index (κ1) is 18.6. The van der Waals surface area contributed by atoms with E-state index >= 15 is 0 Å². The molecule has 0 aliphatic heterocycles. The minimum Gasteiger partial charge on any atom is -0.493 e. The van der Waals surface area contributed by atoms with Gasteiger partial charge in [0.2, 0.25) is 0 Å². The summed E-state index contributed by atoms with van der Waals surface area (Å²) < 4.78 is 21.7. The number of aliphatic hydroxyl groups excluding tert-OH is 2. The van der Waals surface area contributed by atoms with E-state index < -0.39 is 0 Å². The number of aliphatic hydroxyl groups is 2. The summed E-state index contributed by atoms with van der Waals surface area (Å²) >= 11 is 1.76. The minimum absolute atomic E-state index is 0.148. The van der Waals surface area contributed by atoms with Crippen molar-refractivity contribution in [3.05, 3.63) is 35.4 Å². The number of rotatable bonds is 7. The van der Waals surface area contributed by atoms with Crippen LogP contribution >= 0.6 is 23.0 Å². The van der Waals surface area contributed by atoms with Gasteiger partial charge in [0.15, 0.2) is 46.0 Å². The van der Waals surface area contributed by atoms with Crippen molar-refractivity contribution >= 4 is 23.0 Å². The maximum atomic E-state index is 9.53. The maximum absolute atomic E-state index is 9.53. The lowest BCUT2D eigenvalue weighted by atomic mass is 9.98. The van der Waals surface area contributed by atoms with Crippen LogP contribution in [-0.4, -0.2) is 31.5 Å². The molecule has 0 saturated carbocycles. The summed E-state index contributed by atoms with van der Waals surface area (Å²) in [6, 6.07) is 6.99. The third-order valence-corrected chi connectivity index (χ3v) is 4.07. The molecule has 0 radical (unpaired) electrons. The van der Waals surface area contributed by atoms with Crippen molar-refractivity contribution in [3.8, 4) is 34.1 Å². The van der Waals surface area contributed by atoms with Crippen LogP contribution in [0.3, 0.4) is 0 Å². The Bertz CT molecular complexity index is 655. The largest absolute Gasteiger partial charge is 0.493 e. The van der Waals surface area contributed by atoms with Gasteiger partial charge in [-0.25, -0.2) is 0 Å². The summed E-state index contributed by atoms with van der Waals surface area (Å²) in [4.78, 5) is 0. The molecule has 0 fully saturated rings. The monoisotopic (exact) mass is 446 g/mol. The number of halogens is 1. The second-order valence-corrected chi connectivity index (χ2v) is 5.39. The molecule has 2 aromatic carbocycles. The molecule has 2 N–H and O–H groups in total. The first-order chi connectivity index (χ1) is 11.6. The molecule has 24 heavy (non-hydrogen) atoms. The predicted octanol–water partition coefficient (Wildman–Crippen LogP) is 3.09. The molecule has 0 unspecified atom stereocenters. The molecule has 0 amide bonds. The van der Waals surface area contributed by atoms with Crippen molar-refractivity contribution in [2.24, 2.45) is 0 Å². The van der Waals surface area contributed by atoms with Gasteiger partial charge in [0, 0.05) is 11.1 Å². The van der Waals surface area contributed by atoms with E-state index in [4.69, 9.17) is 17.3 Å². The Kier molecular flexibility index (Phi) is 6.52. The SMILES string of the molecule is COc1cc(CO)cc(-c2cc(CO)cc(OI)c2OC)c1OC. The Morgan fingerprint density at radius 1 is 0.750 bits per heavy atom. The van der Waals surface area contributed by atoms with E-state index in [1.165, 1.54) is 21.3 Å². The van der Waals surface area contributed by atoms with Gasteiger partial charge >= 0.3 is 0 Å². The fraction of sp³-hybridized carbons (Fsp3) is 0.294. The normalized spacial score (nSPS) is 10.4. The topological polar surface area (TPSA) is 77.4 Å². The average molecular weight is 446 g/mol. The zero-order chi connectivity index (χ0) is 17.7. The zero-order valence-electron chi connectivity index (χ0n) is 13.6. The molecule has 0 bridgehead atoms. The van der Waals surface area contributed by atoms with Gasteiger partial charge in [-0.15, -0.1) is 0 Å². The van der Waals surface area contributed by atoms with E-state index in [0.29, 0.717) is 45.3 Å². The molecule has 0 spiro atoms. The molecule has 0 aliphatic carbocycles. The average Bonchev–Trinajstić information content (AvgIpc) is 2.65. The first-order valence-electron chi connectivity index (χ1n) is 7.09. The number of ether oxygens (including phenoxy) is 3. The summed E-state index contributed by atoms with van der Waals surface area (Å²) in [6.45, 7) is -0.297. The van der Waals surface area contributed by atoms with Crippen LogP contribution in [0.15, 0.2) is 24.3 Å². The summed E-state index contributed by atoms with van der Waals surface area (Å²) in [5, 5.41) is 19.1. The van der Waals surface area contributed by atoms with Gasteiger partial charge in [0.1, 0.15) is 0 Å². The molecule has 2 rings (SSSR count). The van der Waals surface area contributed by atoms with Crippen LogP contribution in [0.2, 0.25) is 0 Å². The second-order valence-electron chi connectivity index (χ2n) is 4.95. The van der Waals surface area contributed by atoms with E-state index in [0.717, 1.165) is 0 Å². The summed E-state index contributed by atoms with van der Waals surface area (Å²) in [5.74, 6) is 1.97.